The predicted octanol–water partition coefficient (Wildman–Crippen LogP) is 2.63. The summed E-state index contributed by atoms with van der Waals surface area (Å²) in [7, 11) is 0. The van der Waals surface area contributed by atoms with Crippen molar-refractivity contribution in [3.63, 3.8) is 0 Å². The van der Waals surface area contributed by atoms with Crippen LogP contribution in [0, 0.1) is 6.92 Å². The summed E-state index contributed by atoms with van der Waals surface area (Å²) < 4.78 is 5.75. The van der Waals surface area contributed by atoms with Crippen molar-refractivity contribution in [2.24, 2.45) is 0 Å². The Morgan fingerprint density at radius 2 is 1.68 bits per heavy atom. The number of phenolic OH excluding ortho intramolecular Hbond substituents is 2. The number of hydrogen-bond acceptors (Lipinski definition) is 6. The zero-order valence-corrected chi connectivity index (χ0v) is 14.6. The van der Waals surface area contributed by atoms with Gasteiger partial charge in [-0.15, -0.1) is 0 Å². The van der Waals surface area contributed by atoms with E-state index in [4.69, 9.17) is 4.74 Å². The second-order valence-electron chi connectivity index (χ2n) is 6.61. The van der Waals surface area contributed by atoms with Gasteiger partial charge in [-0.05, 0) is 40.2 Å². The first kappa shape index (κ1) is 17.0. The first-order valence-corrected chi connectivity index (χ1v) is 7.80. The number of fused-ring (bicyclic) bond motifs is 3. The maximum Gasteiger partial charge on any atom is 0.192 e. The molecule has 0 saturated carbocycles. The highest BCUT2D eigenvalue weighted by atomic mass is 16.5. The summed E-state index contributed by atoms with van der Waals surface area (Å²) in [6, 6.07) is 0. The summed E-state index contributed by atoms with van der Waals surface area (Å²) in [6.45, 7) is 7.42. The van der Waals surface area contributed by atoms with Crippen molar-refractivity contribution < 1.29 is 29.3 Å². The molecule has 6 nitrogen and oxygen atoms in total. The Morgan fingerprint density at radius 3 is 2.20 bits per heavy atom. The summed E-state index contributed by atoms with van der Waals surface area (Å²) >= 11 is 0. The number of phenols is 2. The van der Waals surface area contributed by atoms with E-state index in [0.29, 0.717) is 5.57 Å². The monoisotopic (exact) mass is 342 g/mol. The third-order valence-corrected chi connectivity index (χ3v) is 5.18. The second kappa shape index (κ2) is 5.05. The second-order valence-corrected chi connectivity index (χ2v) is 6.61. The highest BCUT2D eigenvalue weighted by Gasteiger charge is 2.51. The molecule has 3 rings (SSSR count). The molecular weight excluding hydrogens is 324 g/mol. The Labute approximate surface area is 144 Å². The minimum absolute atomic E-state index is 0.0267. The molecule has 1 unspecified atom stereocenters. The largest absolute Gasteiger partial charge is 0.507 e. The van der Waals surface area contributed by atoms with Crippen molar-refractivity contribution in [2.45, 2.75) is 40.0 Å². The van der Waals surface area contributed by atoms with Crippen LogP contribution in [0.2, 0.25) is 0 Å². The van der Waals surface area contributed by atoms with Crippen LogP contribution in [0.3, 0.4) is 0 Å². The molecule has 1 aromatic carbocycles. The van der Waals surface area contributed by atoms with Crippen LogP contribution in [0.15, 0.2) is 23.0 Å². The minimum atomic E-state index is -1.07. The molecule has 0 radical (unpaired) electrons. The van der Waals surface area contributed by atoms with E-state index in [0.717, 1.165) is 0 Å². The minimum Gasteiger partial charge on any atom is -0.507 e. The van der Waals surface area contributed by atoms with Gasteiger partial charge in [0.25, 0.3) is 0 Å². The number of hydrogen-bond donors (Lipinski definition) is 2. The van der Waals surface area contributed by atoms with Crippen molar-refractivity contribution in [2.75, 3.05) is 0 Å². The van der Waals surface area contributed by atoms with Gasteiger partial charge in [-0.1, -0.05) is 0 Å². The molecule has 130 valence electrons. The van der Waals surface area contributed by atoms with Gasteiger partial charge in [0.2, 0.25) is 0 Å². The van der Waals surface area contributed by atoms with Gasteiger partial charge in [0.1, 0.15) is 28.6 Å². The van der Waals surface area contributed by atoms with Gasteiger partial charge >= 0.3 is 0 Å². The Balaban J connectivity index is 2.47. The maximum atomic E-state index is 12.3. The van der Waals surface area contributed by atoms with E-state index in [-0.39, 0.29) is 51.1 Å². The molecule has 0 saturated heterocycles. The number of ketones is 3. The molecule has 1 aromatic rings. The molecule has 0 amide bonds. The molecule has 6 heteroatoms. The highest BCUT2D eigenvalue weighted by molar-refractivity contribution is 6.25. The average molecular weight is 342 g/mol. The fourth-order valence-electron chi connectivity index (χ4n) is 3.66. The van der Waals surface area contributed by atoms with Gasteiger partial charge in [0.15, 0.2) is 17.3 Å². The van der Waals surface area contributed by atoms with E-state index in [9.17, 15) is 24.6 Å². The lowest BCUT2D eigenvalue weighted by Crippen LogP contribution is -2.32. The van der Waals surface area contributed by atoms with Gasteiger partial charge in [0, 0.05) is 11.6 Å². The molecule has 0 spiro atoms. The van der Waals surface area contributed by atoms with Gasteiger partial charge in [-0.25, -0.2) is 0 Å². The smallest absolute Gasteiger partial charge is 0.192 e. The quantitative estimate of drug-likeness (QED) is 0.633. The molecular formula is C19H18O6. The third-order valence-electron chi connectivity index (χ3n) is 5.18. The third kappa shape index (κ3) is 1.94. The zero-order chi connectivity index (χ0) is 18.8. The van der Waals surface area contributed by atoms with Crippen molar-refractivity contribution in [1.29, 1.82) is 0 Å². The topological polar surface area (TPSA) is 101 Å². The number of allylic oxidation sites excluding steroid dienone is 3. The van der Waals surface area contributed by atoms with E-state index in [2.05, 4.69) is 0 Å². The first-order chi connectivity index (χ1) is 11.5. The number of carbonyl (C=O) groups is 3. The van der Waals surface area contributed by atoms with Crippen molar-refractivity contribution in [3.05, 3.63) is 39.7 Å². The van der Waals surface area contributed by atoms with Crippen molar-refractivity contribution in [1.82, 2.24) is 0 Å². The molecule has 0 fully saturated rings. The SMILES string of the molecule is CC(=O)C1=C(C)C2(C)C(=CC1=O)Oc1c(C(C)=O)c(O)c(C)c(O)c12. The Bertz CT molecular complexity index is 947. The lowest BCUT2D eigenvalue weighted by molar-refractivity contribution is -0.118. The Kier molecular flexibility index (Phi) is 3.42. The molecule has 1 atom stereocenters. The fraction of sp³-hybridized carbons (Fsp3) is 0.316. The first-order valence-electron chi connectivity index (χ1n) is 7.80. The van der Waals surface area contributed by atoms with Gasteiger partial charge < -0.3 is 14.9 Å². The number of benzene rings is 1. The van der Waals surface area contributed by atoms with Gasteiger partial charge in [-0.3, -0.25) is 14.4 Å². The Morgan fingerprint density at radius 1 is 1.08 bits per heavy atom. The zero-order valence-electron chi connectivity index (χ0n) is 14.6. The average Bonchev–Trinajstić information content (AvgIpc) is 2.78. The molecule has 1 aliphatic carbocycles. The summed E-state index contributed by atoms with van der Waals surface area (Å²) in [5.41, 5.74) is -0.219. The van der Waals surface area contributed by atoms with Crippen LogP contribution in [-0.4, -0.2) is 27.6 Å². The highest BCUT2D eigenvalue weighted by Crippen LogP contribution is 2.59. The van der Waals surface area contributed by atoms with E-state index >= 15 is 0 Å². The number of carbonyl (C=O) groups excluding carboxylic acids is 3. The predicted molar refractivity (Wildman–Crippen MR) is 89.0 cm³/mol. The molecule has 2 aliphatic rings. The Hall–Kier alpha value is -2.89. The van der Waals surface area contributed by atoms with Crippen molar-refractivity contribution in [3.8, 4) is 17.2 Å². The summed E-state index contributed by atoms with van der Waals surface area (Å²) in [5, 5.41) is 20.9. The van der Waals surface area contributed by atoms with Crippen LogP contribution in [0.4, 0.5) is 0 Å². The van der Waals surface area contributed by atoms with E-state index in [1.54, 1.807) is 13.8 Å². The number of ether oxygens (including phenoxy) is 1. The molecule has 0 bridgehead atoms. The lowest BCUT2D eigenvalue weighted by atomic mass is 9.69. The van der Waals surface area contributed by atoms with E-state index in [1.165, 1.54) is 26.8 Å². The van der Waals surface area contributed by atoms with Crippen LogP contribution >= 0.6 is 0 Å². The van der Waals surface area contributed by atoms with Crippen LogP contribution in [-0.2, 0) is 15.0 Å². The summed E-state index contributed by atoms with van der Waals surface area (Å²) in [5.74, 6) is -1.62. The fourth-order valence-corrected chi connectivity index (χ4v) is 3.66. The van der Waals surface area contributed by atoms with E-state index < -0.39 is 17.0 Å². The standard InChI is InChI=1S/C19H18O6/c1-7-16(23)14(10(4)21)18-15(17(7)24)19(5)8(2)13(9(3)20)11(22)6-12(19)25-18/h6,23-24H,1-5H3. The van der Waals surface area contributed by atoms with Crippen molar-refractivity contribution >= 4 is 17.3 Å². The lowest BCUT2D eigenvalue weighted by Gasteiger charge is -2.31. The van der Waals surface area contributed by atoms with Crippen LogP contribution in [0.25, 0.3) is 0 Å². The molecule has 1 aliphatic heterocycles. The summed E-state index contributed by atoms with van der Waals surface area (Å²) in [4.78, 5) is 36.3. The molecule has 2 N–H and O–H groups in total. The van der Waals surface area contributed by atoms with E-state index in [1.807, 2.05) is 0 Å². The molecule has 25 heavy (non-hydrogen) atoms. The van der Waals surface area contributed by atoms with Gasteiger partial charge in [-0.2, -0.15) is 0 Å². The normalized spacial score (nSPS) is 21.5. The number of rotatable bonds is 2. The molecule has 0 aromatic heterocycles. The van der Waals surface area contributed by atoms with Crippen LogP contribution < -0.4 is 4.74 Å². The maximum absolute atomic E-state index is 12.3. The van der Waals surface area contributed by atoms with Gasteiger partial charge in [0.05, 0.1) is 16.6 Å². The number of Topliss-reactive ketones (excluding diaryl/α,β-unsaturated/α-hetero) is 2. The molecule has 1 heterocycles. The summed E-state index contributed by atoms with van der Waals surface area (Å²) in [6.07, 6.45) is 1.21. The van der Waals surface area contributed by atoms with Crippen LogP contribution in [0.5, 0.6) is 17.2 Å². The van der Waals surface area contributed by atoms with Crippen LogP contribution in [0.1, 0.15) is 49.2 Å². The number of aromatic hydroxyl groups is 2.